The van der Waals surface area contributed by atoms with Crippen molar-refractivity contribution in [2.75, 3.05) is 13.1 Å². The van der Waals surface area contributed by atoms with Crippen LogP contribution in [0.1, 0.15) is 42.5 Å². The molecular weight excluding hydrogens is 314 g/mol. The number of hydrogen-bond acceptors (Lipinski definition) is 4. The molecule has 1 atom stereocenters. The van der Waals surface area contributed by atoms with Gasteiger partial charge in [-0.05, 0) is 62.9 Å². The van der Waals surface area contributed by atoms with Gasteiger partial charge >= 0.3 is 0 Å². The highest BCUT2D eigenvalue weighted by Crippen LogP contribution is 2.19. The third-order valence-corrected chi connectivity index (χ3v) is 6.02. The molecule has 2 aliphatic rings. The number of carbonyl (C=O) groups is 1. The van der Waals surface area contributed by atoms with Gasteiger partial charge in [-0.25, -0.2) is 13.1 Å². The molecule has 0 unspecified atom stereocenters. The van der Waals surface area contributed by atoms with Crippen LogP contribution < -0.4 is 15.4 Å². The smallest absolute Gasteiger partial charge is 0.251 e. The number of sulfonamides is 1. The Morgan fingerprint density at radius 3 is 2.30 bits per heavy atom. The zero-order valence-electron chi connectivity index (χ0n) is 13.0. The first-order valence-electron chi connectivity index (χ1n) is 8.18. The quantitative estimate of drug-likeness (QED) is 0.748. The average Bonchev–Trinajstić information content (AvgIpc) is 2.51. The summed E-state index contributed by atoms with van der Waals surface area (Å²) < 4.78 is 27.5. The SMILES string of the molecule is O=C(NC1CCC1)c1ccc(S(=O)(=O)N[C@@H]2CCCNC2)cc1. The molecule has 0 radical (unpaired) electrons. The Labute approximate surface area is 137 Å². The molecule has 23 heavy (non-hydrogen) atoms. The number of amides is 1. The molecule has 6 nitrogen and oxygen atoms in total. The van der Waals surface area contributed by atoms with Gasteiger partial charge < -0.3 is 10.6 Å². The molecule has 1 aliphatic carbocycles. The van der Waals surface area contributed by atoms with Gasteiger partial charge in [0.1, 0.15) is 0 Å². The van der Waals surface area contributed by atoms with Crippen LogP contribution in [0, 0.1) is 0 Å². The Bertz CT molecular complexity index is 648. The fraction of sp³-hybridized carbons (Fsp3) is 0.562. The lowest BCUT2D eigenvalue weighted by molar-refractivity contribution is 0.0917. The van der Waals surface area contributed by atoms with E-state index in [4.69, 9.17) is 0 Å². The van der Waals surface area contributed by atoms with Crippen molar-refractivity contribution in [2.45, 2.75) is 49.1 Å². The van der Waals surface area contributed by atoms with E-state index >= 15 is 0 Å². The number of nitrogens with one attached hydrogen (secondary N) is 3. The van der Waals surface area contributed by atoms with E-state index in [9.17, 15) is 13.2 Å². The second-order valence-electron chi connectivity index (χ2n) is 6.29. The molecule has 0 aromatic heterocycles. The van der Waals surface area contributed by atoms with Gasteiger partial charge in [-0.1, -0.05) is 0 Å². The maximum absolute atomic E-state index is 12.4. The number of carbonyl (C=O) groups excluding carboxylic acids is 1. The number of piperidine rings is 1. The summed E-state index contributed by atoms with van der Waals surface area (Å²) in [6.45, 7) is 1.59. The van der Waals surface area contributed by atoms with Crippen LogP contribution >= 0.6 is 0 Å². The molecular formula is C16H23N3O3S. The minimum atomic E-state index is -3.54. The highest BCUT2D eigenvalue weighted by atomic mass is 32.2. The van der Waals surface area contributed by atoms with Gasteiger partial charge in [-0.15, -0.1) is 0 Å². The Hall–Kier alpha value is -1.44. The minimum absolute atomic E-state index is 0.0738. The normalized spacial score (nSPS) is 22.3. The number of hydrogen-bond donors (Lipinski definition) is 3. The second kappa shape index (κ2) is 6.98. The first-order chi connectivity index (χ1) is 11.0. The van der Waals surface area contributed by atoms with Crippen LogP contribution in [0.25, 0.3) is 0 Å². The molecule has 0 bridgehead atoms. The monoisotopic (exact) mass is 337 g/mol. The topological polar surface area (TPSA) is 87.3 Å². The van der Waals surface area contributed by atoms with Crippen LogP contribution in [0.4, 0.5) is 0 Å². The molecule has 1 amide bonds. The summed E-state index contributed by atoms with van der Waals surface area (Å²) in [5, 5.41) is 6.13. The van der Waals surface area contributed by atoms with Crippen LogP contribution in [0.15, 0.2) is 29.2 Å². The van der Waals surface area contributed by atoms with Crippen LogP contribution in [-0.2, 0) is 10.0 Å². The molecule has 1 heterocycles. The zero-order chi connectivity index (χ0) is 16.3. The summed E-state index contributed by atoms with van der Waals surface area (Å²) in [5.74, 6) is -0.136. The lowest BCUT2D eigenvalue weighted by Gasteiger charge is -2.26. The second-order valence-corrected chi connectivity index (χ2v) is 8.00. The van der Waals surface area contributed by atoms with E-state index in [0.29, 0.717) is 12.1 Å². The summed E-state index contributed by atoms with van der Waals surface area (Å²) in [6, 6.07) is 6.33. The third-order valence-electron chi connectivity index (χ3n) is 4.49. The number of rotatable bonds is 5. The summed E-state index contributed by atoms with van der Waals surface area (Å²) in [6.07, 6.45) is 5.01. The number of benzene rings is 1. The maximum atomic E-state index is 12.4. The molecule has 2 fully saturated rings. The van der Waals surface area contributed by atoms with Crippen LogP contribution in [-0.4, -0.2) is 39.5 Å². The Balaban J connectivity index is 1.64. The molecule has 1 saturated carbocycles. The molecule has 7 heteroatoms. The van der Waals surface area contributed by atoms with Crippen molar-refractivity contribution in [3.63, 3.8) is 0 Å². The van der Waals surface area contributed by atoms with Crippen LogP contribution in [0.2, 0.25) is 0 Å². The van der Waals surface area contributed by atoms with E-state index in [2.05, 4.69) is 15.4 Å². The maximum Gasteiger partial charge on any atom is 0.251 e. The van der Waals surface area contributed by atoms with Crippen molar-refractivity contribution in [1.82, 2.24) is 15.4 Å². The summed E-state index contributed by atoms with van der Waals surface area (Å²) in [4.78, 5) is 12.2. The minimum Gasteiger partial charge on any atom is -0.349 e. The lowest BCUT2D eigenvalue weighted by atomic mass is 9.93. The molecule has 1 aliphatic heterocycles. The van der Waals surface area contributed by atoms with E-state index in [1.807, 2.05) is 0 Å². The van der Waals surface area contributed by atoms with Crippen LogP contribution in [0.5, 0.6) is 0 Å². The molecule has 1 aromatic rings. The fourth-order valence-electron chi connectivity index (χ4n) is 2.85. The zero-order valence-corrected chi connectivity index (χ0v) is 13.9. The Morgan fingerprint density at radius 1 is 1.04 bits per heavy atom. The van der Waals surface area contributed by atoms with Crippen molar-refractivity contribution in [1.29, 1.82) is 0 Å². The molecule has 1 aromatic carbocycles. The van der Waals surface area contributed by atoms with Gasteiger partial charge in [-0.2, -0.15) is 0 Å². The van der Waals surface area contributed by atoms with Crippen molar-refractivity contribution in [3.8, 4) is 0 Å². The molecule has 1 saturated heterocycles. The van der Waals surface area contributed by atoms with E-state index < -0.39 is 10.0 Å². The Kier molecular flexibility index (Phi) is 4.99. The van der Waals surface area contributed by atoms with Crippen LogP contribution in [0.3, 0.4) is 0 Å². The first-order valence-corrected chi connectivity index (χ1v) is 9.67. The molecule has 3 rings (SSSR count). The van der Waals surface area contributed by atoms with Gasteiger partial charge in [0.25, 0.3) is 5.91 Å². The average molecular weight is 337 g/mol. The molecule has 3 N–H and O–H groups in total. The highest BCUT2D eigenvalue weighted by Gasteiger charge is 2.23. The van der Waals surface area contributed by atoms with Crippen molar-refractivity contribution >= 4 is 15.9 Å². The lowest BCUT2D eigenvalue weighted by Crippen LogP contribution is -2.45. The van der Waals surface area contributed by atoms with Gasteiger partial charge in [0.15, 0.2) is 0 Å². The molecule has 0 spiro atoms. The predicted octanol–water partition coefficient (Wildman–Crippen LogP) is 0.999. The summed E-state index contributed by atoms with van der Waals surface area (Å²) >= 11 is 0. The standard InChI is InChI=1S/C16H23N3O3S/c20-16(18-13-3-1-4-13)12-6-8-15(9-7-12)23(21,22)19-14-5-2-10-17-11-14/h6-9,13-14,17,19H,1-5,10-11H2,(H,18,20)/t14-/m1/s1. The summed E-state index contributed by atoms with van der Waals surface area (Å²) in [5.41, 5.74) is 0.496. The van der Waals surface area contributed by atoms with E-state index in [-0.39, 0.29) is 22.9 Å². The van der Waals surface area contributed by atoms with E-state index in [1.54, 1.807) is 12.1 Å². The van der Waals surface area contributed by atoms with Gasteiger partial charge in [0.2, 0.25) is 10.0 Å². The van der Waals surface area contributed by atoms with Gasteiger partial charge in [0, 0.05) is 24.2 Å². The van der Waals surface area contributed by atoms with Gasteiger partial charge in [0.05, 0.1) is 4.90 Å². The fourth-order valence-corrected chi connectivity index (χ4v) is 4.12. The Morgan fingerprint density at radius 2 is 1.74 bits per heavy atom. The highest BCUT2D eigenvalue weighted by molar-refractivity contribution is 7.89. The van der Waals surface area contributed by atoms with Gasteiger partial charge in [-0.3, -0.25) is 4.79 Å². The predicted molar refractivity (Wildman–Crippen MR) is 87.8 cm³/mol. The third kappa shape index (κ3) is 4.10. The van der Waals surface area contributed by atoms with Crippen molar-refractivity contribution in [2.24, 2.45) is 0 Å². The van der Waals surface area contributed by atoms with E-state index in [0.717, 1.165) is 38.6 Å². The van der Waals surface area contributed by atoms with Crippen molar-refractivity contribution < 1.29 is 13.2 Å². The van der Waals surface area contributed by atoms with E-state index in [1.165, 1.54) is 12.1 Å². The molecule has 126 valence electrons. The summed E-state index contributed by atoms with van der Waals surface area (Å²) in [7, 11) is -3.54. The van der Waals surface area contributed by atoms with Crippen molar-refractivity contribution in [3.05, 3.63) is 29.8 Å². The largest absolute Gasteiger partial charge is 0.349 e. The first kappa shape index (κ1) is 16.4.